The van der Waals surface area contributed by atoms with Crippen LogP contribution in [0.3, 0.4) is 0 Å². The van der Waals surface area contributed by atoms with Gasteiger partial charge in [0.15, 0.2) is 0 Å². The second-order valence-corrected chi connectivity index (χ2v) is 7.34. The van der Waals surface area contributed by atoms with E-state index in [-0.39, 0.29) is 5.97 Å². The number of carbonyl (C=O) groups excluding carboxylic acids is 1. The fourth-order valence-electron chi connectivity index (χ4n) is 5.29. The van der Waals surface area contributed by atoms with Gasteiger partial charge in [-0.15, -0.1) is 0 Å². The molecular formula is C18H28O3. The highest BCUT2D eigenvalue weighted by atomic mass is 16.7. The van der Waals surface area contributed by atoms with E-state index >= 15 is 0 Å². The lowest BCUT2D eigenvalue weighted by Crippen LogP contribution is -2.46. The summed E-state index contributed by atoms with van der Waals surface area (Å²) in [5.74, 6) is 3.32. The quantitative estimate of drug-likeness (QED) is 0.423. The zero-order chi connectivity index (χ0) is 15.0. The molecule has 4 aliphatic rings. The van der Waals surface area contributed by atoms with Crippen molar-refractivity contribution in [1.82, 2.24) is 0 Å². The predicted molar refractivity (Wildman–Crippen MR) is 81.5 cm³/mol. The Morgan fingerprint density at radius 1 is 1.14 bits per heavy atom. The molecule has 4 aliphatic carbocycles. The number of ether oxygens (including phenoxy) is 2. The predicted octanol–water partition coefficient (Wildman–Crippen LogP) is 3.93. The fraction of sp³-hybridized carbons (Fsp3) is 0.833. The van der Waals surface area contributed by atoms with E-state index in [2.05, 4.69) is 13.5 Å². The Kier molecular flexibility index (Phi) is 4.39. The zero-order valence-electron chi connectivity index (χ0n) is 13.3. The Morgan fingerprint density at radius 3 is 2.19 bits per heavy atom. The van der Waals surface area contributed by atoms with Crippen molar-refractivity contribution in [2.24, 2.45) is 29.6 Å². The molecule has 0 N–H and O–H groups in total. The van der Waals surface area contributed by atoms with E-state index in [9.17, 15) is 4.79 Å². The van der Waals surface area contributed by atoms with Crippen LogP contribution in [0.4, 0.5) is 0 Å². The van der Waals surface area contributed by atoms with E-state index in [1.807, 2.05) is 0 Å². The summed E-state index contributed by atoms with van der Waals surface area (Å²) < 4.78 is 10.7. The molecule has 4 fully saturated rings. The first kappa shape index (κ1) is 15.1. The van der Waals surface area contributed by atoms with Gasteiger partial charge in [-0.1, -0.05) is 19.9 Å². The van der Waals surface area contributed by atoms with Crippen molar-refractivity contribution in [3.05, 3.63) is 12.2 Å². The van der Waals surface area contributed by atoms with E-state index in [4.69, 9.17) is 9.47 Å². The van der Waals surface area contributed by atoms with Crippen LogP contribution in [0, 0.1) is 29.6 Å². The maximum absolute atomic E-state index is 12.4. The van der Waals surface area contributed by atoms with Crippen LogP contribution in [0.2, 0.25) is 0 Å². The van der Waals surface area contributed by atoms with Gasteiger partial charge in [-0.2, -0.15) is 0 Å². The van der Waals surface area contributed by atoms with Crippen LogP contribution in [0.15, 0.2) is 12.2 Å². The molecule has 4 bridgehead atoms. The SMILES string of the molecule is C=C(C(=O)OC(CCC)OC)C1C2CC3CC(C2)CC1C3. The highest BCUT2D eigenvalue weighted by Gasteiger charge is 2.50. The molecule has 0 aromatic rings. The molecule has 21 heavy (non-hydrogen) atoms. The standard InChI is InChI=1S/C18H28O3/c1-4-5-16(20-3)21-18(19)11(2)17-14-7-12-6-13(9-14)10-15(17)8-12/h12-17H,2,4-10H2,1,3H3. The van der Waals surface area contributed by atoms with E-state index < -0.39 is 6.29 Å². The second kappa shape index (κ2) is 6.12. The lowest BCUT2D eigenvalue weighted by atomic mass is 9.50. The number of esters is 1. The normalized spacial score (nSPS) is 38.3. The molecule has 0 heterocycles. The smallest absolute Gasteiger partial charge is 0.336 e. The summed E-state index contributed by atoms with van der Waals surface area (Å²) in [6, 6.07) is 0. The van der Waals surface area contributed by atoms with Crippen molar-refractivity contribution in [3.63, 3.8) is 0 Å². The van der Waals surface area contributed by atoms with E-state index in [0.717, 1.165) is 24.7 Å². The number of carbonyl (C=O) groups is 1. The summed E-state index contributed by atoms with van der Waals surface area (Å²) in [5, 5.41) is 0. The maximum Gasteiger partial charge on any atom is 0.336 e. The molecule has 118 valence electrons. The average molecular weight is 292 g/mol. The molecule has 4 rings (SSSR count). The van der Waals surface area contributed by atoms with E-state index in [1.165, 1.54) is 32.1 Å². The largest absolute Gasteiger partial charge is 0.432 e. The molecule has 0 saturated heterocycles. The van der Waals surface area contributed by atoms with Gasteiger partial charge in [0.25, 0.3) is 0 Å². The minimum Gasteiger partial charge on any atom is -0.432 e. The minimum absolute atomic E-state index is 0.229. The van der Waals surface area contributed by atoms with Crippen molar-refractivity contribution >= 4 is 5.97 Å². The summed E-state index contributed by atoms with van der Waals surface area (Å²) >= 11 is 0. The maximum atomic E-state index is 12.4. The van der Waals surface area contributed by atoms with Gasteiger partial charge in [-0.25, -0.2) is 4.79 Å². The molecule has 3 nitrogen and oxygen atoms in total. The van der Waals surface area contributed by atoms with Gasteiger partial charge in [0, 0.05) is 19.1 Å². The van der Waals surface area contributed by atoms with Crippen molar-refractivity contribution in [3.8, 4) is 0 Å². The van der Waals surface area contributed by atoms with Gasteiger partial charge in [0.1, 0.15) is 0 Å². The zero-order valence-corrected chi connectivity index (χ0v) is 13.3. The van der Waals surface area contributed by atoms with Crippen LogP contribution in [0.25, 0.3) is 0 Å². The molecule has 1 atom stereocenters. The molecule has 0 aromatic heterocycles. The molecule has 0 radical (unpaired) electrons. The summed E-state index contributed by atoms with van der Waals surface area (Å²) in [5.41, 5.74) is 0.710. The molecule has 0 spiro atoms. The fourth-order valence-corrected chi connectivity index (χ4v) is 5.29. The van der Waals surface area contributed by atoms with Gasteiger partial charge in [0.05, 0.1) is 0 Å². The Labute approximate surface area is 128 Å². The first-order valence-corrected chi connectivity index (χ1v) is 8.54. The van der Waals surface area contributed by atoms with Crippen molar-refractivity contribution < 1.29 is 14.3 Å². The van der Waals surface area contributed by atoms with Gasteiger partial charge in [-0.3, -0.25) is 0 Å². The van der Waals surface area contributed by atoms with Crippen LogP contribution < -0.4 is 0 Å². The monoisotopic (exact) mass is 292 g/mol. The first-order valence-electron chi connectivity index (χ1n) is 8.54. The molecule has 1 unspecified atom stereocenters. The summed E-state index contributed by atoms with van der Waals surface area (Å²) in [4.78, 5) is 12.4. The lowest BCUT2D eigenvalue weighted by Gasteiger charge is -2.54. The van der Waals surface area contributed by atoms with Crippen LogP contribution in [-0.4, -0.2) is 19.4 Å². The van der Waals surface area contributed by atoms with Gasteiger partial charge in [0.2, 0.25) is 6.29 Å². The average Bonchev–Trinajstić information content (AvgIpc) is 2.45. The highest BCUT2D eigenvalue weighted by molar-refractivity contribution is 5.88. The van der Waals surface area contributed by atoms with Gasteiger partial charge in [-0.05, 0) is 61.7 Å². The summed E-state index contributed by atoms with van der Waals surface area (Å²) in [7, 11) is 1.60. The number of hydrogen-bond donors (Lipinski definition) is 0. The number of rotatable bonds is 6. The second-order valence-electron chi connectivity index (χ2n) is 7.34. The molecular weight excluding hydrogens is 264 g/mol. The van der Waals surface area contributed by atoms with Gasteiger partial charge >= 0.3 is 5.97 Å². The van der Waals surface area contributed by atoms with Crippen LogP contribution in [0.5, 0.6) is 0 Å². The topological polar surface area (TPSA) is 35.5 Å². The molecule has 0 amide bonds. The van der Waals surface area contributed by atoms with Gasteiger partial charge < -0.3 is 9.47 Å². The van der Waals surface area contributed by atoms with Crippen molar-refractivity contribution in [2.45, 2.75) is 58.2 Å². The molecule has 3 heteroatoms. The van der Waals surface area contributed by atoms with Crippen molar-refractivity contribution in [1.29, 1.82) is 0 Å². The Bertz CT molecular complexity index is 387. The third kappa shape index (κ3) is 2.90. The van der Waals surface area contributed by atoms with Crippen LogP contribution in [-0.2, 0) is 14.3 Å². The molecule has 0 aliphatic heterocycles. The third-order valence-corrected chi connectivity index (χ3v) is 5.92. The molecule has 0 aromatic carbocycles. The minimum atomic E-state index is -0.420. The summed E-state index contributed by atoms with van der Waals surface area (Å²) in [6.07, 6.45) is 7.89. The van der Waals surface area contributed by atoms with Crippen LogP contribution >= 0.6 is 0 Å². The molecule has 4 saturated carbocycles. The van der Waals surface area contributed by atoms with E-state index in [1.54, 1.807) is 7.11 Å². The number of methoxy groups -OCH3 is 1. The van der Waals surface area contributed by atoms with Crippen molar-refractivity contribution in [2.75, 3.05) is 7.11 Å². The van der Waals surface area contributed by atoms with E-state index in [0.29, 0.717) is 23.3 Å². The lowest BCUT2D eigenvalue weighted by molar-refractivity contribution is -0.171. The summed E-state index contributed by atoms with van der Waals surface area (Å²) in [6.45, 7) is 6.18. The third-order valence-electron chi connectivity index (χ3n) is 5.92. The highest BCUT2D eigenvalue weighted by Crippen LogP contribution is 2.58. The Hall–Kier alpha value is -0.830. The Morgan fingerprint density at radius 2 is 1.71 bits per heavy atom. The number of hydrogen-bond acceptors (Lipinski definition) is 3. The Balaban J connectivity index is 1.63. The first-order chi connectivity index (χ1) is 10.1. The van der Waals surface area contributed by atoms with Crippen LogP contribution in [0.1, 0.15) is 51.9 Å².